The molecule has 4 heterocycles. The molecule has 4 rings (SSSR count). The molecule has 1 N–H and O–H groups in total. The zero-order valence-electron chi connectivity index (χ0n) is 15.9. The van der Waals surface area contributed by atoms with Gasteiger partial charge in [0, 0.05) is 37.3 Å². The molecule has 0 aliphatic carbocycles. The molecule has 0 aromatic carbocycles. The van der Waals surface area contributed by atoms with Crippen LogP contribution in [0.1, 0.15) is 38.7 Å². The van der Waals surface area contributed by atoms with E-state index in [2.05, 4.69) is 63.2 Å². The van der Waals surface area contributed by atoms with E-state index in [9.17, 15) is 0 Å². The van der Waals surface area contributed by atoms with Gasteiger partial charge < -0.3 is 10.2 Å². The molecule has 1 aromatic rings. The summed E-state index contributed by atoms with van der Waals surface area (Å²) in [5.41, 5.74) is 2.99. The van der Waals surface area contributed by atoms with Crippen molar-refractivity contribution in [1.29, 1.82) is 0 Å². The van der Waals surface area contributed by atoms with Crippen LogP contribution in [-0.2, 0) is 6.42 Å². The summed E-state index contributed by atoms with van der Waals surface area (Å²) in [5.74, 6) is 2.08. The van der Waals surface area contributed by atoms with E-state index in [-0.39, 0.29) is 0 Å². The second kappa shape index (κ2) is 7.23. The van der Waals surface area contributed by atoms with Gasteiger partial charge in [0.05, 0.1) is 0 Å². The van der Waals surface area contributed by atoms with Gasteiger partial charge in [-0.25, -0.2) is 9.97 Å². The average molecular weight is 351 g/mol. The van der Waals surface area contributed by atoms with Gasteiger partial charge in [-0.1, -0.05) is 31.2 Å². The quantitative estimate of drug-likeness (QED) is 0.822. The van der Waals surface area contributed by atoms with Crippen LogP contribution in [0.3, 0.4) is 0 Å². The van der Waals surface area contributed by atoms with Crippen molar-refractivity contribution in [3.05, 3.63) is 48.0 Å². The molecule has 2 saturated heterocycles. The number of anilines is 2. The summed E-state index contributed by atoms with van der Waals surface area (Å²) < 4.78 is 0. The van der Waals surface area contributed by atoms with Gasteiger partial charge in [-0.05, 0) is 44.4 Å². The van der Waals surface area contributed by atoms with Crippen LogP contribution in [0.15, 0.2) is 42.4 Å². The van der Waals surface area contributed by atoms with Crippen molar-refractivity contribution >= 4 is 11.6 Å². The Morgan fingerprint density at radius 3 is 2.96 bits per heavy atom. The molecule has 5 heteroatoms. The van der Waals surface area contributed by atoms with Crippen LogP contribution in [0.5, 0.6) is 0 Å². The highest BCUT2D eigenvalue weighted by Gasteiger charge is 2.49. The van der Waals surface area contributed by atoms with E-state index in [0.717, 1.165) is 44.1 Å². The van der Waals surface area contributed by atoms with Crippen LogP contribution in [0.4, 0.5) is 11.6 Å². The molecule has 0 saturated carbocycles. The second-order valence-corrected chi connectivity index (χ2v) is 7.52. The molecular weight excluding hydrogens is 322 g/mol. The molecule has 5 nitrogen and oxygen atoms in total. The molecule has 0 amide bonds. The fourth-order valence-electron chi connectivity index (χ4n) is 4.36. The first-order chi connectivity index (χ1) is 12.8. The molecule has 0 bridgehead atoms. The van der Waals surface area contributed by atoms with Crippen LogP contribution in [0.2, 0.25) is 0 Å². The normalized spacial score (nSPS) is 25.6. The Morgan fingerprint density at radius 2 is 2.19 bits per heavy atom. The van der Waals surface area contributed by atoms with Crippen LogP contribution >= 0.6 is 0 Å². The van der Waals surface area contributed by atoms with Crippen LogP contribution < -0.4 is 10.2 Å². The summed E-state index contributed by atoms with van der Waals surface area (Å²) in [6.45, 7) is 8.77. The molecule has 26 heavy (non-hydrogen) atoms. The minimum atomic E-state index is 0.323. The topological polar surface area (TPSA) is 44.3 Å². The van der Waals surface area contributed by atoms with E-state index in [1.165, 1.54) is 30.5 Å². The van der Waals surface area contributed by atoms with Gasteiger partial charge in [0.2, 0.25) is 0 Å². The van der Waals surface area contributed by atoms with Crippen molar-refractivity contribution < 1.29 is 0 Å². The Hall–Kier alpha value is -2.14. The Balaban J connectivity index is 1.48. The van der Waals surface area contributed by atoms with Gasteiger partial charge in [0.15, 0.2) is 0 Å². The smallest absolute Gasteiger partial charge is 0.138 e. The number of rotatable bonds is 5. The van der Waals surface area contributed by atoms with Crippen molar-refractivity contribution in [2.24, 2.45) is 0 Å². The third-order valence-corrected chi connectivity index (χ3v) is 6.04. The van der Waals surface area contributed by atoms with E-state index < -0.39 is 0 Å². The van der Waals surface area contributed by atoms with E-state index >= 15 is 0 Å². The first-order valence-corrected chi connectivity index (χ1v) is 9.83. The molecule has 1 aromatic heterocycles. The lowest BCUT2D eigenvalue weighted by molar-refractivity contribution is 0.0130. The van der Waals surface area contributed by atoms with Crippen molar-refractivity contribution in [1.82, 2.24) is 14.9 Å². The number of likely N-dealkylation sites (tertiary alicyclic amines) is 1. The lowest BCUT2D eigenvalue weighted by Crippen LogP contribution is -2.61. The lowest BCUT2D eigenvalue weighted by atomic mass is 9.83. The van der Waals surface area contributed by atoms with Gasteiger partial charge >= 0.3 is 0 Å². The highest BCUT2D eigenvalue weighted by molar-refractivity contribution is 5.63. The van der Waals surface area contributed by atoms with E-state index in [1.54, 1.807) is 6.33 Å². The van der Waals surface area contributed by atoms with Gasteiger partial charge in [-0.3, -0.25) is 4.90 Å². The average Bonchev–Trinajstić information content (AvgIpc) is 3.15. The van der Waals surface area contributed by atoms with Crippen molar-refractivity contribution in [2.45, 2.75) is 45.1 Å². The van der Waals surface area contributed by atoms with Gasteiger partial charge in [-0.15, -0.1) is 0 Å². The number of hydrogen-bond acceptors (Lipinski definition) is 5. The fraction of sp³-hybridized carbons (Fsp3) is 0.524. The summed E-state index contributed by atoms with van der Waals surface area (Å²) >= 11 is 0. The molecule has 0 unspecified atom stereocenters. The number of allylic oxidation sites excluding steroid dienone is 3. The maximum absolute atomic E-state index is 4.64. The lowest BCUT2D eigenvalue weighted by Gasteiger charge is -2.51. The monoisotopic (exact) mass is 351 g/mol. The largest absolute Gasteiger partial charge is 0.354 e. The molecule has 138 valence electrons. The third-order valence-electron chi connectivity index (χ3n) is 6.04. The van der Waals surface area contributed by atoms with Gasteiger partial charge in [0.25, 0.3) is 0 Å². The highest BCUT2D eigenvalue weighted by Crippen LogP contribution is 2.42. The van der Waals surface area contributed by atoms with Crippen molar-refractivity contribution in [3.63, 3.8) is 0 Å². The Morgan fingerprint density at radius 1 is 1.31 bits per heavy atom. The number of fused-ring (bicyclic) bond motifs is 1. The van der Waals surface area contributed by atoms with Gasteiger partial charge in [0.1, 0.15) is 18.0 Å². The predicted molar refractivity (Wildman–Crippen MR) is 107 cm³/mol. The summed E-state index contributed by atoms with van der Waals surface area (Å²) in [6.07, 6.45) is 17.1. The van der Waals surface area contributed by atoms with Crippen LogP contribution in [0, 0.1) is 0 Å². The second-order valence-electron chi connectivity index (χ2n) is 7.52. The molecule has 1 atom stereocenters. The minimum absolute atomic E-state index is 0.323. The van der Waals surface area contributed by atoms with E-state index in [4.69, 9.17) is 0 Å². The zero-order chi connectivity index (χ0) is 18.0. The molecule has 0 radical (unpaired) electrons. The van der Waals surface area contributed by atoms with Crippen molar-refractivity contribution in [2.75, 3.05) is 36.4 Å². The summed E-state index contributed by atoms with van der Waals surface area (Å²) in [6, 6.07) is 0. The molecule has 1 spiro atoms. The van der Waals surface area contributed by atoms with Crippen molar-refractivity contribution in [3.8, 4) is 0 Å². The van der Waals surface area contributed by atoms with E-state index in [1.807, 2.05) is 6.20 Å². The summed E-state index contributed by atoms with van der Waals surface area (Å²) in [7, 11) is 0. The highest BCUT2D eigenvalue weighted by atomic mass is 15.3. The van der Waals surface area contributed by atoms with E-state index in [0.29, 0.717) is 5.54 Å². The zero-order valence-corrected chi connectivity index (χ0v) is 15.9. The standard InChI is InChI=1S/C21H29N5/c1-3-5-7-17(4-2)14-26-13-10-21(26)9-12-25(15-21)20-18-8-6-11-22-19(18)23-16-24-20/h4-7,11,16H,3,8-10,12-15H2,1-2H3,(H,22,23,24)/b7-5-,17-4+/t21-/m1/s1. The molecule has 3 aliphatic heterocycles. The Bertz CT molecular complexity index is 751. The summed E-state index contributed by atoms with van der Waals surface area (Å²) in [5, 5.41) is 3.25. The SMILES string of the molecule is C/C=C(\C=C/CC)CN1CC[C@@]12CCN(c1ncnc3c1CC=CN3)C2. The fourth-order valence-corrected chi connectivity index (χ4v) is 4.36. The maximum atomic E-state index is 4.64. The number of hydrogen-bond donors (Lipinski definition) is 1. The molecular formula is C21H29N5. The molecule has 3 aliphatic rings. The first kappa shape index (κ1) is 17.3. The van der Waals surface area contributed by atoms with Gasteiger partial charge in [-0.2, -0.15) is 0 Å². The van der Waals surface area contributed by atoms with Crippen LogP contribution in [-0.4, -0.2) is 46.6 Å². The predicted octanol–water partition coefficient (Wildman–Crippen LogP) is 3.53. The summed E-state index contributed by atoms with van der Waals surface area (Å²) in [4.78, 5) is 14.2. The maximum Gasteiger partial charge on any atom is 0.138 e. The minimum Gasteiger partial charge on any atom is -0.354 e. The number of nitrogens with zero attached hydrogens (tertiary/aromatic N) is 4. The van der Waals surface area contributed by atoms with Crippen LogP contribution in [0.25, 0.3) is 0 Å². The number of aromatic nitrogens is 2. The molecule has 2 fully saturated rings. The third kappa shape index (κ3) is 3.05. The Kier molecular flexibility index (Phi) is 4.81. The Labute approximate surface area is 156 Å². The number of nitrogens with one attached hydrogen (secondary N) is 1. The first-order valence-electron chi connectivity index (χ1n) is 9.83.